The molecule has 0 saturated carbocycles. The summed E-state index contributed by atoms with van der Waals surface area (Å²) in [6.45, 7) is 18.6. The molecule has 0 radical (unpaired) electrons. The van der Waals surface area contributed by atoms with E-state index in [2.05, 4.69) is 171 Å². The number of benzene rings is 4. The summed E-state index contributed by atoms with van der Waals surface area (Å²) in [5.41, 5.74) is 9.40. The predicted molar refractivity (Wildman–Crippen MR) is 181 cm³/mol. The summed E-state index contributed by atoms with van der Waals surface area (Å²) in [4.78, 5) is 2.36. The zero-order valence-electron chi connectivity index (χ0n) is 26.3. The van der Waals surface area contributed by atoms with Crippen molar-refractivity contribution in [2.45, 2.75) is 66.2 Å². The number of rotatable bonds is 6. The Labute approximate surface area is 247 Å². The van der Waals surface area contributed by atoms with E-state index in [0.717, 1.165) is 0 Å². The van der Waals surface area contributed by atoms with Crippen molar-refractivity contribution >= 4 is 27.2 Å². The largest absolute Gasteiger partial charge is 0.347 e. The molecule has 4 aromatic rings. The number of likely N-dealkylation sites (N-methyl/N-ethyl adjacent to an activating group) is 1. The first-order valence-corrected chi connectivity index (χ1v) is 15.0. The Bertz CT molecular complexity index is 1740. The van der Waals surface area contributed by atoms with Gasteiger partial charge in [-0.3, -0.25) is 0 Å². The summed E-state index contributed by atoms with van der Waals surface area (Å²) in [6, 6.07) is 26.6. The third-order valence-electron chi connectivity index (χ3n) is 9.36. The number of allylic oxidation sites excluding steroid dienone is 8. The molecule has 0 atom stereocenters. The predicted octanol–water partition coefficient (Wildman–Crippen LogP) is 11.0. The number of hydrogen-bond donors (Lipinski definition) is 0. The lowest BCUT2D eigenvalue weighted by Gasteiger charge is -2.33. The summed E-state index contributed by atoms with van der Waals surface area (Å²) in [7, 11) is 2.19. The van der Waals surface area contributed by atoms with E-state index in [1.54, 1.807) is 0 Å². The maximum absolute atomic E-state index is 2.39. The standard InChI is InChI=1S/C40H45N/c1-27(2)29(4)34(39(5,6)37-28(3)23-24-30-17-13-15-19-32(30)37)21-11-10-12-22-36-40(7,8)38-33-20-16-14-18-31(33)25-26-35(38)41(36)9/h10-27H,1-9H3. The van der Waals surface area contributed by atoms with Gasteiger partial charge in [0.2, 0.25) is 0 Å². The van der Waals surface area contributed by atoms with E-state index in [1.807, 2.05) is 0 Å². The lowest BCUT2D eigenvalue weighted by atomic mass is 9.71. The van der Waals surface area contributed by atoms with Crippen LogP contribution in [0.2, 0.25) is 0 Å². The lowest BCUT2D eigenvalue weighted by molar-refractivity contribution is 0.613. The minimum atomic E-state index is -0.140. The second-order valence-electron chi connectivity index (χ2n) is 13.0. The van der Waals surface area contributed by atoms with Gasteiger partial charge in [0.05, 0.1) is 0 Å². The molecule has 0 amide bonds. The van der Waals surface area contributed by atoms with Crippen molar-refractivity contribution in [3.63, 3.8) is 0 Å². The topological polar surface area (TPSA) is 3.24 Å². The molecule has 0 bridgehead atoms. The molecular weight excluding hydrogens is 494 g/mol. The Balaban J connectivity index is 1.50. The van der Waals surface area contributed by atoms with Crippen LogP contribution in [0.1, 0.15) is 65.2 Å². The van der Waals surface area contributed by atoms with Gasteiger partial charge in [0.15, 0.2) is 0 Å². The van der Waals surface area contributed by atoms with Crippen LogP contribution in [0.3, 0.4) is 0 Å². The first kappa shape index (κ1) is 28.7. The average Bonchev–Trinajstić information content (AvgIpc) is 3.14. The molecule has 1 aliphatic rings. The Morgan fingerprint density at radius 1 is 0.805 bits per heavy atom. The monoisotopic (exact) mass is 539 g/mol. The van der Waals surface area contributed by atoms with E-state index < -0.39 is 0 Å². The van der Waals surface area contributed by atoms with Crippen molar-refractivity contribution in [3.05, 3.63) is 137 Å². The molecule has 1 aliphatic heterocycles. The first-order valence-electron chi connectivity index (χ1n) is 15.0. The number of nitrogens with zero attached hydrogens (tertiary/aromatic N) is 1. The maximum atomic E-state index is 2.39. The normalized spacial score (nSPS) is 17.0. The van der Waals surface area contributed by atoms with E-state index in [-0.39, 0.29) is 10.8 Å². The van der Waals surface area contributed by atoms with Gasteiger partial charge in [0.1, 0.15) is 0 Å². The molecule has 0 aromatic heterocycles. The minimum absolute atomic E-state index is 0.0772. The Kier molecular flexibility index (Phi) is 7.60. The van der Waals surface area contributed by atoms with E-state index in [1.165, 1.54) is 60.8 Å². The highest BCUT2D eigenvalue weighted by Gasteiger charge is 2.39. The molecule has 41 heavy (non-hydrogen) atoms. The fraction of sp³-hybridized carbons (Fsp3) is 0.300. The minimum Gasteiger partial charge on any atom is -0.347 e. The molecule has 5 rings (SSSR count). The summed E-state index contributed by atoms with van der Waals surface area (Å²) in [5.74, 6) is 0.469. The molecule has 0 N–H and O–H groups in total. The van der Waals surface area contributed by atoms with Crippen LogP contribution in [-0.4, -0.2) is 7.05 Å². The Hall–Kier alpha value is -3.84. The molecule has 0 spiro atoms. The molecule has 0 fully saturated rings. The number of anilines is 1. The van der Waals surface area contributed by atoms with E-state index in [9.17, 15) is 0 Å². The number of aryl methyl sites for hydroxylation is 1. The zero-order valence-corrected chi connectivity index (χ0v) is 26.3. The van der Waals surface area contributed by atoms with Crippen LogP contribution in [0.5, 0.6) is 0 Å². The van der Waals surface area contributed by atoms with Gasteiger partial charge in [-0.1, -0.05) is 138 Å². The van der Waals surface area contributed by atoms with Crippen molar-refractivity contribution in [1.29, 1.82) is 0 Å². The van der Waals surface area contributed by atoms with Crippen LogP contribution in [0.4, 0.5) is 5.69 Å². The lowest BCUT2D eigenvalue weighted by Crippen LogP contribution is -2.23. The fourth-order valence-electron chi connectivity index (χ4n) is 7.04. The number of fused-ring (bicyclic) bond motifs is 4. The first-order chi connectivity index (χ1) is 19.5. The third kappa shape index (κ3) is 4.97. The smallest absolute Gasteiger partial charge is 0.0454 e. The summed E-state index contributed by atoms with van der Waals surface area (Å²) in [6.07, 6.45) is 11.3. The van der Waals surface area contributed by atoms with Crippen molar-refractivity contribution in [2.75, 3.05) is 11.9 Å². The quantitative estimate of drug-likeness (QED) is 0.220. The van der Waals surface area contributed by atoms with Gasteiger partial charge < -0.3 is 4.90 Å². The van der Waals surface area contributed by atoms with Crippen LogP contribution in [0.25, 0.3) is 21.5 Å². The van der Waals surface area contributed by atoms with Crippen molar-refractivity contribution in [2.24, 2.45) is 5.92 Å². The third-order valence-corrected chi connectivity index (χ3v) is 9.36. The Morgan fingerprint density at radius 2 is 1.41 bits per heavy atom. The molecule has 1 heteroatoms. The number of hydrogen-bond acceptors (Lipinski definition) is 1. The molecule has 4 aromatic carbocycles. The molecule has 1 nitrogen and oxygen atoms in total. The second-order valence-corrected chi connectivity index (χ2v) is 13.0. The summed E-state index contributed by atoms with van der Waals surface area (Å²) < 4.78 is 0. The van der Waals surface area contributed by atoms with E-state index in [4.69, 9.17) is 0 Å². The average molecular weight is 540 g/mol. The molecule has 210 valence electrons. The molecule has 0 saturated heterocycles. The van der Waals surface area contributed by atoms with Gasteiger partial charge in [-0.25, -0.2) is 0 Å². The molecule has 0 unspecified atom stereocenters. The molecule has 0 aliphatic carbocycles. The highest BCUT2D eigenvalue weighted by Crippen LogP contribution is 2.50. The van der Waals surface area contributed by atoms with Gasteiger partial charge in [0, 0.05) is 29.3 Å². The van der Waals surface area contributed by atoms with Crippen LogP contribution >= 0.6 is 0 Å². The van der Waals surface area contributed by atoms with Gasteiger partial charge in [-0.05, 0) is 75.7 Å². The van der Waals surface area contributed by atoms with Gasteiger partial charge in [0.25, 0.3) is 0 Å². The van der Waals surface area contributed by atoms with Crippen LogP contribution < -0.4 is 4.90 Å². The molecular formula is C40H45N. The van der Waals surface area contributed by atoms with Crippen LogP contribution in [0, 0.1) is 12.8 Å². The van der Waals surface area contributed by atoms with Crippen molar-refractivity contribution in [1.82, 2.24) is 0 Å². The summed E-state index contributed by atoms with van der Waals surface area (Å²) in [5, 5.41) is 5.30. The van der Waals surface area contributed by atoms with E-state index >= 15 is 0 Å². The zero-order chi connectivity index (χ0) is 29.5. The van der Waals surface area contributed by atoms with Crippen LogP contribution in [0.15, 0.2) is 120 Å². The maximum Gasteiger partial charge on any atom is 0.0454 e. The van der Waals surface area contributed by atoms with E-state index in [0.29, 0.717) is 5.92 Å². The van der Waals surface area contributed by atoms with Crippen molar-refractivity contribution in [3.8, 4) is 0 Å². The summed E-state index contributed by atoms with van der Waals surface area (Å²) >= 11 is 0. The van der Waals surface area contributed by atoms with Crippen molar-refractivity contribution < 1.29 is 0 Å². The van der Waals surface area contributed by atoms with Crippen LogP contribution in [-0.2, 0) is 10.8 Å². The van der Waals surface area contributed by atoms with Gasteiger partial charge in [-0.2, -0.15) is 0 Å². The highest BCUT2D eigenvalue weighted by atomic mass is 15.2. The molecule has 1 heterocycles. The Morgan fingerprint density at radius 3 is 2.10 bits per heavy atom. The second kappa shape index (κ2) is 10.9. The van der Waals surface area contributed by atoms with Gasteiger partial charge >= 0.3 is 0 Å². The SMILES string of the molecule is CC(=C(C=CC=CC=C1N(C)c2ccc3ccccc3c2C1(C)C)C(C)(C)c1c(C)ccc2ccccc12)C(C)C. The van der Waals surface area contributed by atoms with Gasteiger partial charge in [-0.15, -0.1) is 0 Å². The fourth-order valence-corrected chi connectivity index (χ4v) is 7.04. The highest BCUT2D eigenvalue weighted by molar-refractivity contribution is 5.94.